The van der Waals surface area contributed by atoms with Crippen LogP contribution < -0.4 is 5.32 Å². The van der Waals surface area contributed by atoms with E-state index in [1.54, 1.807) is 16.0 Å². The van der Waals surface area contributed by atoms with Gasteiger partial charge in [0, 0.05) is 4.88 Å². The van der Waals surface area contributed by atoms with Crippen molar-refractivity contribution in [2.24, 2.45) is 0 Å². The average Bonchev–Trinajstić information content (AvgIpc) is 3.24. The van der Waals surface area contributed by atoms with E-state index in [0.717, 1.165) is 42.5 Å². The van der Waals surface area contributed by atoms with E-state index in [1.807, 2.05) is 38.1 Å². The molecule has 1 N–H and O–H groups in total. The molecule has 4 rings (SSSR count). The molecule has 0 fully saturated rings. The van der Waals surface area contributed by atoms with Crippen molar-refractivity contribution >= 4 is 34.0 Å². The van der Waals surface area contributed by atoms with Crippen LogP contribution in [0.25, 0.3) is 5.69 Å². The van der Waals surface area contributed by atoms with Crippen LogP contribution in [0.15, 0.2) is 29.4 Å². The highest BCUT2D eigenvalue weighted by Crippen LogP contribution is 2.37. The highest BCUT2D eigenvalue weighted by atomic mass is 32.2. The molecular weight excluding hydrogens is 416 g/mol. The minimum absolute atomic E-state index is 0.160. The van der Waals surface area contributed by atoms with Crippen LogP contribution in [0.2, 0.25) is 0 Å². The predicted octanol–water partition coefficient (Wildman–Crippen LogP) is 4.29. The van der Waals surface area contributed by atoms with E-state index >= 15 is 0 Å². The number of hydrogen-bond acceptors (Lipinski definition) is 7. The Balaban J connectivity index is 1.51. The van der Waals surface area contributed by atoms with Crippen LogP contribution in [0.1, 0.15) is 47.8 Å². The minimum atomic E-state index is -0.424. The summed E-state index contributed by atoms with van der Waals surface area (Å²) < 4.78 is 1.65. The van der Waals surface area contributed by atoms with Gasteiger partial charge >= 0.3 is 0 Å². The maximum absolute atomic E-state index is 12.9. The van der Waals surface area contributed by atoms with Crippen molar-refractivity contribution in [2.75, 3.05) is 5.32 Å². The number of para-hydroxylation sites is 1. The number of nitrogens with one attached hydrogen (secondary N) is 1. The first-order chi connectivity index (χ1) is 14.6. The normalized spacial score (nSPS) is 14.4. The highest BCUT2D eigenvalue weighted by Gasteiger charge is 2.24. The molecule has 1 atom stereocenters. The van der Waals surface area contributed by atoms with Gasteiger partial charge in [0.2, 0.25) is 11.1 Å². The van der Waals surface area contributed by atoms with Gasteiger partial charge in [0.25, 0.3) is 0 Å². The molecule has 1 aliphatic rings. The summed E-state index contributed by atoms with van der Waals surface area (Å²) in [5.74, 6) is -0.160. The van der Waals surface area contributed by atoms with Crippen molar-refractivity contribution in [2.45, 2.75) is 56.4 Å². The Morgan fingerprint density at radius 2 is 2.10 bits per heavy atom. The van der Waals surface area contributed by atoms with E-state index in [1.165, 1.54) is 23.1 Å². The summed E-state index contributed by atoms with van der Waals surface area (Å²) >= 11 is 2.84. The van der Waals surface area contributed by atoms with Crippen molar-refractivity contribution in [3.05, 3.63) is 45.8 Å². The third-order valence-corrected chi connectivity index (χ3v) is 7.45. The summed E-state index contributed by atoms with van der Waals surface area (Å²) in [6, 6.07) is 10.1. The number of nitrogens with zero attached hydrogens (tertiary/aromatic N) is 5. The molecule has 9 heteroatoms. The number of thiophene rings is 1. The zero-order chi connectivity index (χ0) is 21.1. The lowest BCUT2D eigenvalue weighted by Gasteiger charge is -2.12. The number of rotatable bonds is 5. The summed E-state index contributed by atoms with van der Waals surface area (Å²) in [4.78, 5) is 14.1. The molecule has 1 amide bonds. The van der Waals surface area contributed by atoms with E-state index < -0.39 is 5.25 Å². The summed E-state index contributed by atoms with van der Waals surface area (Å²) in [5.41, 5.74) is 3.68. The van der Waals surface area contributed by atoms with Gasteiger partial charge in [-0.2, -0.15) is 9.94 Å². The number of tetrazole rings is 1. The lowest BCUT2D eigenvalue weighted by molar-refractivity contribution is -0.115. The first-order valence-electron chi connectivity index (χ1n) is 9.95. The van der Waals surface area contributed by atoms with E-state index in [9.17, 15) is 10.1 Å². The molecule has 154 valence electrons. The Kier molecular flexibility index (Phi) is 6.16. The predicted molar refractivity (Wildman–Crippen MR) is 118 cm³/mol. The SMILES string of the molecule is Cc1ccccc1-n1nnnc1SC(C)C(=O)Nc1sc2c(c1C#N)CCCCC2. The monoisotopic (exact) mass is 438 g/mol. The fourth-order valence-electron chi connectivity index (χ4n) is 3.58. The third kappa shape index (κ3) is 4.11. The second kappa shape index (κ2) is 8.98. The molecule has 0 saturated carbocycles. The lowest BCUT2D eigenvalue weighted by Crippen LogP contribution is -2.23. The number of anilines is 1. The van der Waals surface area contributed by atoms with Gasteiger partial charge in [0.15, 0.2) is 0 Å². The molecule has 30 heavy (non-hydrogen) atoms. The molecule has 0 saturated heterocycles. The number of carbonyl (C=O) groups is 1. The average molecular weight is 439 g/mol. The molecule has 0 spiro atoms. The quantitative estimate of drug-likeness (QED) is 0.471. The van der Waals surface area contributed by atoms with Crippen molar-refractivity contribution < 1.29 is 4.79 Å². The molecule has 3 aromatic rings. The first-order valence-corrected chi connectivity index (χ1v) is 11.6. The molecule has 1 unspecified atom stereocenters. The maximum atomic E-state index is 12.9. The highest BCUT2D eigenvalue weighted by molar-refractivity contribution is 8.00. The zero-order valence-corrected chi connectivity index (χ0v) is 18.5. The van der Waals surface area contributed by atoms with Crippen LogP contribution in [-0.2, 0) is 17.6 Å². The van der Waals surface area contributed by atoms with Crippen LogP contribution in [0.4, 0.5) is 5.00 Å². The summed E-state index contributed by atoms with van der Waals surface area (Å²) in [5, 5.41) is 25.4. The second-order valence-electron chi connectivity index (χ2n) is 7.29. The van der Waals surface area contributed by atoms with Crippen molar-refractivity contribution in [3.8, 4) is 11.8 Å². The molecule has 0 aliphatic heterocycles. The first kappa shape index (κ1) is 20.6. The van der Waals surface area contributed by atoms with Gasteiger partial charge in [-0.1, -0.05) is 36.4 Å². The molecule has 1 aromatic carbocycles. The van der Waals surface area contributed by atoms with Crippen LogP contribution >= 0.6 is 23.1 Å². The number of carbonyl (C=O) groups excluding carboxylic acids is 1. The summed E-state index contributed by atoms with van der Waals surface area (Å²) in [6.45, 7) is 3.81. The van der Waals surface area contributed by atoms with Gasteiger partial charge in [0.05, 0.1) is 16.5 Å². The van der Waals surface area contributed by atoms with Crippen molar-refractivity contribution in [3.63, 3.8) is 0 Å². The largest absolute Gasteiger partial charge is 0.316 e. The number of nitriles is 1. The van der Waals surface area contributed by atoms with Gasteiger partial charge in [-0.25, -0.2) is 0 Å². The van der Waals surface area contributed by atoms with E-state index in [4.69, 9.17) is 0 Å². The minimum Gasteiger partial charge on any atom is -0.316 e. The maximum Gasteiger partial charge on any atom is 0.238 e. The molecular formula is C21H22N6OS2. The summed E-state index contributed by atoms with van der Waals surface area (Å²) in [6.07, 6.45) is 5.33. The number of amides is 1. The number of thioether (sulfide) groups is 1. The van der Waals surface area contributed by atoms with Gasteiger partial charge in [-0.3, -0.25) is 4.79 Å². The summed E-state index contributed by atoms with van der Waals surface area (Å²) in [7, 11) is 0. The Labute approximate surface area is 183 Å². The molecule has 0 radical (unpaired) electrons. The number of aryl methyl sites for hydroxylation is 2. The van der Waals surface area contributed by atoms with Gasteiger partial charge in [-0.05, 0) is 67.2 Å². The Morgan fingerprint density at radius 1 is 1.30 bits per heavy atom. The molecule has 1 aliphatic carbocycles. The topological polar surface area (TPSA) is 96.5 Å². The van der Waals surface area contributed by atoms with E-state index in [2.05, 4.69) is 26.9 Å². The molecule has 0 bridgehead atoms. The third-order valence-electron chi connectivity index (χ3n) is 5.21. The number of fused-ring (bicyclic) bond motifs is 1. The zero-order valence-electron chi connectivity index (χ0n) is 16.9. The molecule has 2 heterocycles. The van der Waals surface area contributed by atoms with Crippen LogP contribution in [0.5, 0.6) is 0 Å². The smallest absolute Gasteiger partial charge is 0.238 e. The van der Waals surface area contributed by atoms with Crippen LogP contribution in [-0.4, -0.2) is 31.4 Å². The Bertz CT molecular complexity index is 1110. The van der Waals surface area contributed by atoms with Gasteiger partial charge in [-0.15, -0.1) is 16.4 Å². The Hall–Kier alpha value is -2.70. The van der Waals surface area contributed by atoms with Crippen LogP contribution in [0.3, 0.4) is 0 Å². The fraction of sp³-hybridized carbons (Fsp3) is 0.381. The number of aromatic nitrogens is 4. The van der Waals surface area contributed by atoms with Gasteiger partial charge in [0.1, 0.15) is 11.1 Å². The van der Waals surface area contributed by atoms with E-state index in [0.29, 0.717) is 15.7 Å². The second-order valence-corrected chi connectivity index (χ2v) is 9.70. The lowest BCUT2D eigenvalue weighted by atomic mass is 10.1. The van der Waals surface area contributed by atoms with E-state index in [-0.39, 0.29) is 5.91 Å². The molecule has 7 nitrogen and oxygen atoms in total. The Morgan fingerprint density at radius 3 is 2.90 bits per heavy atom. The number of hydrogen-bond donors (Lipinski definition) is 1. The molecule has 2 aromatic heterocycles. The standard InChI is InChI=1S/C21H22N6OS2/c1-13-8-6-7-10-17(13)27-21(24-25-26-27)29-14(2)19(28)23-20-16(12-22)15-9-4-3-5-11-18(15)30-20/h6-8,10,14H,3-5,9,11H2,1-2H3,(H,23,28). The fourth-order valence-corrected chi connectivity index (χ4v) is 5.62. The van der Waals surface area contributed by atoms with Crippen molar-refractivity contribution in [1.82, 2.24) is 20.2 Å². The van der Waals surface area contributed by atoms with Crippen LogP contribution in [0, 0.1) is 18.3 Å². The van der Waals surface area contributed by atoms with Crippen molar-refractivity contribution in [1.29, 1.82) is 5.26 Å². The van der Waals surface area contributed by atoms with Gasteiger partial charge < -0.3 is 5.32 Å². The number of benzene rings is 1.